The molecule has 2 aliphatic heterocycles. The van der Waals surface area contributed by atoms with E-state index in [0.717, 1.165) is 70.0 Å². The molecule has 0 atom stereocenters. The van der Waals surface area contributed by atoms with Crippen molar-refractivity contribution in [1.29, 1.82) is 0 Å². The van der Waals surface area contributed by atoms with Gasteiger partial charge in [0.15, 0.2) is 0 Å². The number of anilines is 6. The van der Waals surface area contributed by atoms with Gasteiger partial charge in [-0.2, -0.15) is 0 Å². The Morgan fingerprint density at radius 2 is 1.00 bits per heavy atom. The Bertz CT molecular complexity index is 3030. The lowest BCUT2D eigenvalue weighted by atomic mass is 9.33. The van der Waals surface area contributed by atoms with Crippen LogP contribution in [0.4, 0.5) is 34.1 Å². The maximum Gasteiger partial charge on any atom is 0.252 e. The molecular weight excluding hydrogens is 771 g/mol. The predicted molar refractivity (Wildman–Crippen MR) is 279 cm³/mol. The van der Waals surface area contributed by atoms with E-state index < -0.39 is 6.85 Å². The van der Waals surface area contributed by atoms with E-state index in [1.165, 1.54) is 49.9 Å². The summed E-state index contributed by atoms with van der Waals surface area (Å²) in [5, 5.41) is 0. The minimum absolute atomic E-state index is 0.0233. The van der Waals surface area contributed by atoms with Crippen molar-refractivity contribution in [3.8, 4) is 11.1 Å². The number of fused-ring (bicyclic) bond motifs is 6. The first-order valence-corrected chi connectivity index (χ1v) is 24.0. The number of benzene rings is 6. The van der Waals surface area contributed by atoms with E-state index in [2.05, 4.69) is 205 Å². The summed E-state index contributed by atoms with van der Waals surface area (Å²) in [6.45, 7) is 32.8. The van der Waals surface area contributed by atoms with Crippen LogP contribution < -0.4 is 26.2 Å². The number of nitrogens with zero attached hydrogens (tertiary/aromatic N) is 2. The molecule has 0 spiro atoms. The molecule has 0 saturated carbocycles. The van der Waals surface area contributed by atoms with Crippen molar-refractivity contribution in [3.63, 3.8) is 0 Å². The quantitative estimate of drug-likeness (QED) is 0.164. The second kappa shape index (κ2) is 13.8. The lowest BCUT2D eigenvalue weighted by Gasteiger charge is -2.47. The molecule has 64 heavy (non-hydrogen) atoms. The number of rotatable bonds is 3. The van der Waals surface area contributed by atoms with Gasteiger partial charge in [-0.1, -0.05) is 158 Å². The zero-order valence-corrected chi connectivity index (χ0v) is 41.4. The molecule has 0 bridgehead atoms. The van der Waals surface area contributed by atoms with Gasteiger partial charge in [-0.3, -0.25) is 0 Å². The standard InChI is InChI=1S/C61H71BN2/c1-37-28-53-55-54(29-37)64(51-34-45-43(30-38(51)2)58(9,10)26-27-59(45,11)12)52-35-46-44(60(13,14)36-61(46,15)16)33-48(52)62(55)47-32-41(57(6,7)8)23-25-50(47)63(53)49-24-22-40(56(3,4)5)31-42(49)39-20-18-17-19-21-39/h17-25,28-35H,26-27,36H2,1-16H3/i1D3. The van der Waals surface area contributed by atoms with Crippen LogP contribution in [0.25, 0.3) is 11.1 Å². The molecule has 0 saturated heterocycles. The minimum Gasteiger partial charge on any atom is -0.311 e. The zero-order chi connectivity index (χ0) is 48.3. The molecule has 2 heterocycles. The topological polar surface area (TPSA) is 6.48 Å². The summed E-state index contributed by atoms with van der Waals surface area (Å²) in [6.07, 6.45) is 3.30. The van der Waals surface area contributed by atoms with E-state index in [1.807, 2.05) is 12.1 Å². The molecule has 6 aromatic carbocycles. The Morgan fingerprint density at radius 3 is 1.59 bits per heavy atom. The number of hydrogen-bond donors (Lipinski definition) is 0. The SMILES string of the molecule is [2H]C([2H])([2H])c1cc2c3c(c1)N(c1ccc(C(C)(C)C)cc1-c1ccccc1)c1ccc(C(C)(C)C)cc1B3c1cc3c(cc1N2c1cc2c(cc1C)C(C)(C)CCC2(C)C)C(C)(C)CC3(C)C. The van der Waals surface area contributed by atoms with E-state index in [4.69, 9.17) is 0 Å². The third-order valence-electron chi connectivity index (χ3n) is 16.0. The molecule has 2 nitrogen and oxygen atoms in total. The summed E-state index contributed by atoms with van der Waals surface area (Å²) in [7, 11) is 0. The summed E-state index contributed by atoms with van der Waals surface area (Å²) >= 11 is 0. The molecule has 0 radical (unpaired) electrons. The van der Waals surface area contributed by atoms with Crippen molar-refractivity contribution >= 4 is 57.2 Å². The highest BCUT2D eigenvalue weighted by Crippen LogP contribution is 2.55. The third kappa shape index (κ3) is 6.48. The average Bonchev–Trinajstić information content (AvgIpc) is 3.42. The van der Waals surface area contributed by atoms with Crippen LogP contribution >= 0.6 is 0 Å². The zero-order valence-electron chi connectivity index (χ0n) is 44.4. The Morgan fingerprint density at radius 1 is 0.500 bits per heavy atom. The van der Waals surface area contributed by atoms with Crippen molar-refractivity contribution < 1.29 is 4.11 Å². The molecule has 0 aromatic heterocycles. The van der Waals surface area contributed by atoms with Gasteiger partial charge in [-0.25, -0.2) is 0 Å². The summed E-state index contributed by atoms with van der Waals surface area (Å²) in [5.41, 5.74) is 21.7. The van der Waals surface area contributed by atoms with Crippen molar-refractivity contribution in [2.24, 2.45) is 0 Å². The Hall–Kier alpha value is -5.02. The molecule has 4 aliphatic rings. The average molecular weight is 846 g/mol. The van der Waals surface area contributed by atoms with Crippen LogP contribution in [0.1, 0.15) is 165 Å². The molecule has 0 amide bonds. The van der Waals surface area contributed by atoms with Crippen molar-refractivity contribution in [2.45, 2.75) is 162 Å². The fourth-order valence-electron chi connectivity index (χ4n) is 12.4. The molecule has 3 heteroatoms. The van der Waals surface area contributed by atoms with Crippen molar-refractivity contribution in [1.82, 2.24) is 0 Å². The Balaban J connectivity index is 1.38. The lowest BCUT2D eigenvalue weighted by Crippen LogP contribution is -2.62. The van der Waals surface area contributed by atoms with E-state index in [1.54, 1.807) is 0 Å². The molecule has 328 valence electrons. The summed E-state index contributed by atoms with van der Waals surface area (Å²) in [4.78, 5) is 4.93. The van der Waals surface area contributed by atoms with Gasteiger partial charge < -0.3 is 9.80 Å². The molecule has 2 aliphatic carbocycles. The minimum atomic E-state index is -2.37. The highest BCUT2D eigenvalue weighted by molar-refractivity contribution is 7.00. The molecule has 6 aromatic rings. The van der Waals surface area contributed by atoms with Crippen LogP contribution in [-0.4, -0.2) is 6.71 Å². The first-order chi connectivity index (χ1) is 31.0. The van der Waals surface area contributed by atoms with Gasteiger partial charge in [0, 0.05) is 38.1 Å². The van der Waals surface area contributed by atoms with Gasteiger partial charge in [0.2, 0.25) is 0 Å². The number of hydrogen-bond acceptors (Lipinski definition) is 2. The van der Waals surface area contributed by atoms with Crippen LogP contribution in [0, 0.1) is 13.8 Å². The highest BCUT2D eigenvalue weighted by Gasteiger charge is 2.49. The van der Waals surface area contributed by atoms with E-state index in [-0.39, 0.29) is 39.2 Å². The summed E-state index contributed by atoms with van der Waals surface area (Å²) in [6, 6.07) is 38.9. The smallest absolute Gasteiger partial charge is 0.252 e. The van der Waals surface area contributed by atoms with Crippen LogP contribution in [-0.2, 0) is 32.5 Å². The van der Waals surface area contributed by atoms with Gasteiger partial charge >= 0.3 is 0 Å². The van der Waals surface area contributed by atoms with Gasteiger partial charge in [0.05, 0.1) is 5.69 Å². The molecule has 0 fully saturated rings. The molecular formula is C61H71BN2. The maximum atomic E-state index is 9.19. The fraction of sp³-hybridized carbons (Fsp3) is 0.410. The van der Waals surface area contributed by atoms with Crippen molar-refractivity contribution in [2.75, 3.05) is 9.80 Å². The molecule has 0 unspecified atom stereocenters. The highest BCUT2D eigenvalue weighted by atomic mass is 15.2. The Kier molecular flexibility index (Phi) is 8.46. The monoisotopic (exact) mass is 846 g/mol. The van der Waals surface area contributed by atoms with Crippen molar-refractivity contribution in [3.05, 3.63) is 148 Å². The third-order valence-corrected chi connectivity index (χ3v) is 16.0. The number of aryl methyl sites for hydroxylation is 2. The Labute approximate surface area is 390 Å². The second-order valence-electron chi connectivity index (χ2n) is 24.8. The summed E-state index contributed by atoms with van der Waals surface area (Å²) < 4.78 is 27.6. The van der Waals surface area contributed by atoms with Gasteiger partial charge in [-0.15, -0.1) is 0 Å². The molecule has 0 N–H and O–H groups in total. The van der Waals surface area contributed by atoms with Crippen LogP contribution in [0.3, 0.4) is 0 Å². The summed E-state index contributed by atoms with van der Waals surface area (Å²) in [5.74, 6) is 0. The predicted octanol–water partition coefficient (Wildman–Crippen LogP) is 15.0. The van der Waals surface area contributed by atoms with Crippen LogP contribution in [0.5, 0.6) is 0 Å². The van der Waals surface area contributed by atoms with Gasteiger partial charge in [-0.05, 0) is 174 Å². The maximum absolute atomic E-state index is 9.19. The largest absolute Gasteiger partial charge is 0.311 e. The van der Waals surface area contributed by atoms with Crippen LogP contribution in [0.15, 0.2) is 103 Å². The fourth-order valence-corrected chi connectivity index (χ4v) is 12.4. The lowest BCUT2D eigenvalue weighted by molar-refractivity contribution is 0.332. The van der Waals surface area contributed by atoms with E-state index >= 15 is 0 Å². The van der Waals surface area contributed by atoms with E-state index in [0.29, 0.717) is 5.56 Å². The first kappa shape index (κ1) is 39.4. The van der Waals surface area contributed by atoms with Gasteiger partial charge in [0.1, 0.15) is 0 Å². The first-order valence-electron chi connectivity index (χ1n) is 25.5. The van der Waals surface area contributed by atoms with Gasteiger partial charge in [0.25, 0.3) is 6.71 Å². The van der Waals surface area contributed by atoms with E-state index in [9.17, 15) is 4.11 Å². The normalized spacial score (nSPS) is 19.4. The van der Waals surface area contributed by atoms with Crippen LogP contribution in [0.2, 0.25) is 0 Å². The molecule has 10 rings (SSSR count). The second-order valence-corrected chi connectivity index (χ2v) is 24.8.